The smallest absolute Gasteiger partial charge is 0.226 e. The molecular formula is C21H25N5O2. The fourth-order valence-corrected chi connectivity index (χ4v) is 2.91. The van der Waals surface area contributed by atoms with Crippen LogP contribution in [0.4, 0.5) is 0 Å². The predicted octanol–water partition coefficient (Wildman–Crippen LogP) is 3.23. The van der Waals surface area contributed by atoms with Crippen LogP contribution in [0.1, 0.15) is 22.5 Å². The highest BCUT2D eigenvalue weighted by molar-refractivity contribution is 5.79. The number of aromatic nitrogens is 2. The highest BCUT2D eigenvalue weighted by Gasteiger charge is 2.11. The monoisotopic (exact) mass is 379 g/mol. The van der Waals surface area contributed by atoms with E-state index >= 15 is 0 Å². The lowest BCUT2D eigenvalue weighted by molar-refractivity contribution is 0.406. The number of methoxy groups -OCH3 is 1. The number of hydrogen-bond acceptors (Lipinski definition) is 5. The molecule has 2 heterocycles. The van der Waals surface area contributed by atoms with E-state index in [1.807, 2.05) is 50.4 Å². The van der Waals surface area contributed by atoms with Gasteiger partial charge in [-0.15, -0.1) is 0 Å². The van der Waals surface area contributed by atoms with Crippen LogP contribution in [0.15, 0.2) is 52.2 Å². The fourth-order valence-electron chi connectivity index (χ4n) is 2.91. The zero-order valence-electron chi connectivity index (χ0n) is 16.6. The Balaban J connectivity index is 1.58. The molecule has 0 bridgehead atoms. The van der Waals surface area contributed by atoms with Crippen molar-refractivity contribution < 1.29 is 9.15 Å². The van der Waals surface area contributed by atoms with Gasteiger partial charge in [-0.1, -0.05) is 18.2 Å². The van der Waals surface area contributed by atoms with Gasteiger partial charge in [0.15, 0.2) is 5.96 Å². The molecule has 0 fully saturated rings. The van der Waals surface area contributed by atoms with Gasteiger partial charge in [0.1, 0.15) is 12.0 Å². The molecule has 0 radical (unpaired) electrons. The molecule has 0 unspecified atom stereocenters. The van der Waals surface area contributed by atoms with E-state index in [1.54, 1.807) is 20.4 Å². The number of aliphatic imine (C=N–C) groups is 1. The van der Waals surface area contributed by atoms with E-state index in [0.717, 1.165) is 33.8 Å². The summed E-state index contributed by atoms with van der Waals surface area (Å²) in [5.74, 6) is 2.13. The molecule has 3 aromatic rings. The Bertz CT molecular complexity index is 951. The molecule has 0 amide bonds. The third-order valence-electron chi connectivity index (χ3n) is 4.41. The summed E-state index contributed by atoms with van der Waals surface area (Å²) in [6.45, 7) is 5.03. The number of guanidine groups is 1. The Morgan fingerprint density at radius 1 is 1.14 bits per heavy atom. The molecule has 0 saturated carbocycles. The Hall–Kier alpha value is -3.35. The predicted molar refractivity (Wildman–Crippen MR) is 109 cm³/mol. The van der Waals surface area contributed by atoms with Gasteiger partial charge in [-0.25, -0.2) is 4.98 Å². The molecule has 0 aliphatic carbocycles. The van der Waals surface area contributed by atoms with E-state index < -0.39 is 0 Å². The molecule has 0 spiro atoms. The second kappa shape index (κ2) is 9.03. The van der Waals surface area contributed by atoms with Crippen molar-refractivity contribution in [1.82, 2.24) is 20.6 Å². The first-order chi connectivity index (χ1) is 13.6. The summed E-state index contributed by atoms with van der Waals surface area (Å²) < 4.78 is 11.0. The van der Waals surface area contributed by atoms with Crippen LogP contribution >= 0.6 is 0 Å². The molecule has 2 N–H and O–H groups in total. The van der Waals surface area contributed by atoms with Gasteiger partial charge in [-0.05, 0) is 26.0 Å². The first-order valence-corrected chi connectivity index (χ1v) is 9.05. The topological polar surface area (TPSA) is 84.6 Å². The Morgan fingerprint density at radius 3 is 2.61 bits per heavy atom. The third kappa shape index (κ3) is 4.49. The van der Waals surface area contributed by atoms with E-state index in [4.69, 9.17) is 9.15 Å². The van der Waals surface area contributed by atoms with Crippen molar-refractivity contribution in [3.8, 4) is 17.2 Å². The van der Waals surface area contributed by atoms with Crippen LogP contribution in [0, 0.1) is 13.8 Å². The van der Waals surface area contributed by atoms with Crippen molar-refractivity contribution in [2.75, 3.05) is 14.2 Å². The van der Waals surface area contributed by atoms with Gasteiger partial charge < -0.3 is 19.8 Å². The lowest BCUT2D eigenvalue weighted by atomic mass is 10.1. The van der Waals surface area contributed by atoms with E-state index in [2.05, 4.69) is 25.6 Å². The van der Waals surface area contributed by atoms with Crippen LogP contribution in [0.2, 0.25) is 0 Å². The number of nitrogens with zero attached hydrogens (tertiary/aromatic N) is 3. The lowest BCUT2D eigenvalue weighted by Gasteiger charge is -2.14. The molecule has 0 aliphatic rings. The minimum atomic E-state index is 0.500. The number of hydrogen-bond donors (Lipinski definition) is 2. The number of ether oxygens (including phenoxy) is 1. The minimum absolute atomic E-state index is 0.500. The maximum Gasteiger partial charge on any atom is 0.226 e. The zero-order chi connectivity index (χ0) is 19.9. The zero-order valence-corrected chi connectivity index (χ0v) is 16.6. The Morgan fingerprint density at radius 2 is 1.89 bits per heavy atom. The highest BCUT2D eigenvalue weighted by Crippen LogP contribution is 2.23. The summed E-state index contributed by atoms with van der Waals surface area (Å²) in [6.07, 6.45) is 3.47. The molecule has 28 heavy (non-hydrogen) atoms. The number of benzene rings is 1. The summed E-state index contributed by atoms with van der Waals surface area (Å²) in [4.78, 5) is 13.3. The standard InChI is InChI=1S/C21H25N5O2/c1-14-10-23-18(15(2)19(14)27-4)12-25-21(22-3)24-11-17-13-28-20(26-17)16-8-6-5-7-9-16/h5-10,13H,11-12H2,1-4H3,(H2,22,24,25). The molecular weight excluding hydrogens is 354 g/mol. The number of pyridine rings is 1. The van der Waals surface area contributed by atoms with Gasteiger partial charge in [-0.3, -0.25) is 9.98 Å². The Kier molecular flexibility index (Phi) is 6.26. The molecule has 1 aromatic carbocycles. The highest BCUT2D eigenvalue weighted by atomic mass is 16.5. The average Bonchev–Trinajstić information content (AvgIpc) is 3.19. The summed E-state index contributed by atoms with van der Waals surface area (Å²) in [7, 11) is 3.40. The van der Waals surface area contributed by atoms with Crippen molar-refractivity contribution in [3.63, 3.8) is 0 Å². The van der Waals surface area contributed by atoms with Crippen molar-refractivity contribution >= 4 is 5.96 Å². The summed E-state index contributed by atoms with van der Waals surface area (Å²) in [5.41, 5.74) is 4.71. The normalized spacial score (nSPS) is 11.4. The van der Waals surface area contributed by atoms with Gasteiger partial charge in [0, 0.05) is 29.9 Å². The quantitative estimate of drug-likeness (QED) is 0.505. The van der Waals surface area contributed by atoms with Crippen LogP contribution < -0.4 is 15.4 Å². The molecule has 3 rings (SSSR count). The molecule has 0 saturated heterocycles. The van der Waals surface area contributed by atoms with E-state index in [-0.39, 0.29) is 0 Å². The van der Waals surface area contributed by atoms with Crippen molar-refractivity contribution in [1.29, 1.82) is 0 Å². The van der Waals surface area contributed by atoms with Gasteiger partial charge in [-0.2, -0.15) is 0 Å². The number of aryl methyl sites for hydroxylation is 1. The second-order valence-electron chi connectivity index (χ2n) is 6.34. The molecule has 7 heteroatoms. The van der Waals surface area contributed by atoms with Crippen LogP contribution in [0.25, 0.3) is 11.5 Å². The molecule has 146 valence electrons. The SMILES string of the molecule is CN=C(NCc1coc(-c2ccccc2)n1)NCc1ncc(C)c(OC)c1C. The number of oxazole rings is 1. The minimum Gasteiger partial charge on any atom is -0.496 e. The van der Waals surface area contributed by atoms with Crippen molar-refractivity contribution in [2.45, 2.75) is 26.9 Å². The number of nitrogens with one attached hydrogen (secondary N) is 2. The fraction of sp³-hybridized carbons (Fsp3) is 0.286. The maximum absolute atomic E-state index is 5.56. The summed E-state index contributed by atoms with van der Waals surface area (Å²) in [6, 6.07) is 9.81. The third-order valence-corrected chi connectivity index (χ3v) is 4.41. The first kappa shape index (κ1) is 19.4. The Labute approximate surface area is 164 Å². The molecule has 7 nitrogen and oxygen atoms in total. The van der Waals surface area contributed by atoms with Crippen LogP contribution in [0.5, 0.6) is 5.75 Å². The van der Waals surface area contributed by atoms with E-state index in [1.165, 1.54) is 0 Å². The van der Waals surface area contributed by atoms with Crippen molar-refractivity contribution in [3.05, 3.63) is 65.3 Å². The van der Waals surface area contributed by atoms with Crippen molar-refractivity contribution in [2.24, 2.45) is 4.99 Å². The lowest BCUT2D eigenvalue weighted by Crippen LogP contribution is -2.36. The van der Waals surface area contributed by atoms with Gasteiger partial charge >= 0.3 is 0 Å². The van der Waals surface area contributed by atoms with E-state index in [9.17, 15) is 0 Å². The number of rotatable bonds is 6. The molecule has 0 aliphatic heterocycles. The van der Waals surface area contributed by atoms with Crippen LogP contribution in [-0.2, 0) is 13.1 Å². The van der Waals surface area contributed by atoms with Crippen LogP contribution in [0.3, 0.4) is 0 Å². The average molecular weight is 379 g/mol. The summed E-state index contributed by atoms with van der Waals surface area (Å²) >= 11 is 0. The van der Waals surface area contributed by atoms with E-state index in [0.29, 0.717) is 24.9 Å². The van der Waals surface area contributed by atoms with Gasteiger partial charge in [0.2, 0.25) is 5.89 Å². The molecule has 0 atom stereocenters. The van der Waals surface area contributed by atoms with Crippen LogP contribution in [-0.4, -0.2) is 30.1 Å². The van der Waals surface area contributed by atoms with Gasteiger partial charge in [0.25, 0.3) is 0 Å². The van der Waals surface area contributed by atoms with Gasteiger partial charge in [0.05, 0.1) is 31.6 Å². The largest absolute Gasteiger partial charge is 0.496 e. The first-order valence-electron chi connectivity index (χ1n) is 9.05. The molecule has 2 aromatic heterocycles. The maximum atomic E-state index is 5.56. The summed E-state index contributed by atoms with van der Waals surface area (Å²) in [5, 5.41) is 6.51. The second-order valence-corrected chi connectivity index (χ2v) is 6.34.